The molecule has 0 aliphatic rings. The maximum atomic E-state index is 2.56. The van der Waals surface area contributed by atoms with Crippen LogP contribution in [0.5, 0.6) is 0 Å². The molecule has 0 aromatic heterocycles. The maximum absolute atomic E-state index is 2.56. The van der Waals surface area contributed by atoms with Crippen molar-refractivity contribution >= 4 is 43.1 Å². The third-order valence-electron chi connectivity index (χ3n) is 9.69. The summed E-state index contributed by atoms with van der Waals surface area (Å²) < 4.78 is 0. The molecule has 46 heavy (non-hydrogen) atoms. The lowest BCUT2D eigenvalue weighted by atomic mass is 9.81. The van der Waals surface area contributed by atoms with Gasteiger partial charge < -0.3 is 0 Å². The number of rotatable bonds is 7. The molecule has 0 unspecified atom stereocenters. The topological polar surface area (TPSA) is 0 Å². The van der Waals surface area contributed by atoms with Gasteiger partial charge in [0.1, 0.15) is 0 Å². The Balaban J connectivity index is 1.47. The van der Waals surface area contributed by atoms with Crippen molar-refractivity contribution in [3.8, 4) is 33.4 Å². The second kappa shape index (κ2) is 12.0. The van der Waals surface area contributed by atoms with Gasteiger partial charge >= 0.3 is 0 Å². The first kappa shape index (κ1) is 28.3. The van der Waals surface area contributed by atoms with Gasteiger partial charge in [-0.3, -0.25) is 0 Å². The molecule has 222 valence electrons. The summed E-state index contributed by atoms with van der Waals surface area (Å²) in [5.74, 6) is 0. The highest BCUT2D eigenvalue weighted by Gasteiger charge is 2.21. The highest BCUT2D eigenvalue weighted by molar-refractivity contribution is 6.22. The molecule has 0 aliphatic heterocycles. The first-order valence-electron chi connectivity index (χ1n) is 16.8. The van der Waals surface area contributed by atoms with E-state index in [1.807, 2.05) is 0 Å². The van der Waals surface area contributed by atoms with E-state index in [1.165, 1.54) is 87.6 Å². The molecule has 0 fully saturated rings. The fraction of sp³-hybridized carbons (Fsp3) is 0.130. The van der Waals surface area contributed by atoms with Crippen LogP contribution in [0.25, 0.3) is 76.5 Å². The molecule has 0 atom stereocenters. The van der Waals surface area contributed by atoms with E-state index >= 15 is 0 Å². The minimum atomic E-state index is 1.03. The summed E-state index contributed by atoms with van der Waals surface area (Å²) in [6.07, 6.45) is 4.26. The first-order chi connectivity index (χ1) is 22.8. The summed E-state index contributed by atoms with van der Waals surface area (Å²) in [5, 5.41) is 10.5. The summed E-state index contributed by atoms with van der Waals surface area (Å²) in [5.41, 5.74) is 10.9. The maximum Gasteiger partial charge on any atom is -0.00235 e. The van der Waals surface area contributed by atoms with Crippen molar-refractivity contribution in [3.63, 3.8) is 0 Å². The molecule has 0 nitrogen and oxygen atoms in total. The fourth-order valence-corrected chi connectivity index (χ4v) is 7.74. The van der Waals surface area contributed by atoms with Gasteiger partial charge in [-0.05, 0) is 107 Å². The zero-order valence-electron chi connectivity index (χ0n) is 26.7. The second-order valence-electron chi connectivity index (χ2n) is 12.6. The fourth-order valence-electron chi connectivity index (χ4n) is 7.74. The van der Waals surface area contributed by atoms with E-state index in [-0.39, 0.29) is 0 Å². The van der Waals surface area contributed by atoms with Crippen molar-refractivity contribution in [3.05, 3.63) is 157 Å². The predicted molar refractivity (Wildman–Crippen MR) is 201 cm³/mol. The van der Waals surface area contributed by atoms with Crippen molar-refractivity contribution in [1.29, 1.82) is 0 Å². The van der Waals surface area contributed by atoms with E-state index in [0.29, 0.717) is 0 Å². The van der Waals surface area contributed by atoms with Crippen LogP contribution in [0.4, 0.5) is 0 Å². The molecule has 0 amide bonds. The lowest BCUT2D eigenvalue weighted by molar-refractivity contribution is 0.908. The molecule has 0 N–H and O–H groups in total. The lowest BCUT2D eigenvalue weighted by Crippen LogP contribution is -2.00. The van der Waals surface area contributed by atoms with Gasteiger partial charge in [-0.1, -0.05) is 166 Å². The second-order valence-corrected chi connectivity index (χ2v) is 12.6. The highest BCUT2D eigenvalue weighted by atomic mass is 14.2. The molecule has 0 bridgehead atoms. The van der Waals surface area contributed by atoms with Crippen molar-refractivity contribution in [1.82, 2.24) is 0 Å². The zero-order chi connectivity index (χ0) is 31.0. The van der Waals surface area contributed by atoms with Crippen molar-refractivity contribution in [2.45, 2.75) is 39.5 Å². The van der Waals surface area contributed by atoms with Crippen LogP contribution in [-0.2, 0) is 12.8 Å². The average molecular weight is 591 g/mol. The summed E-state index contributed by atoms with van der Waals surface area (Å²) in [6.45, 7) is 4.62. The lowest BCUT2D eigenvalue weighted by Gasteiger charge is -2.22. The molecule has 0 spiro atoms. The van der Waals surface area contributed by atoms with E-state index in [2.05, 4.69) is 159 Å². The number of benzene rings is 8. The van der Waals surface area contributed by atoms with Gasteiger partial charge in [0.05, 0.1) is 0 Å². The Morgan fingerprint density at radius 1 is 0.348 bits per heavy atom. The van der Waals surface area contributed by atoms with E-state index in [4.69, 9.17) is 0 Å². The minimum absolute atomic E-state index is 1.03. The minimum Gasteiger partial charge on any atom is -0.0651 e. The molecule has 8 aromatic carbocycles. The van der Waals surface area contributed by atoms with Gasteiger partial charge in [-0.25, -0.2) is 0 Å². The normalized spacial score (nSPS) is 11.6. The SMILES string of the molecule is CCCc1cc(-c2cc3ccccc3c3ccccc23)c(CCC)cc1-c1c2ccccc2c(-c2ccccc2)c2ccccc12. The number of fused-ring (bicyclic) bond motifs is 5. The third-order valence-corrected chi connectivity index (χ3v) is 9.69. The van der Waals surface area contributed by atoms with Gasteiger partial charge in [0, 0.05) is 0 Å². The Bertz CT molecular complexity index is 2320. The molecule has 0 aliphatic carbocycles. The van der Waals surface area contributed by atoms with Crippen LogP contribution >= 0.6 is 0 Å². The molecular formula is C46H38. The number of aryl methyl sites for hydroxylation is 2. The molecule has 8 rings (SSSR count). The van der Waals surface area contributed by atoms with Crippen LogP contribution in [-0.4, -0.2) is 0 Å². The Labute approximate surface area is 272 Å². The van der Waals surface area contributed by atoms with Crippen molar-refractivity contribution in [2.24, 2.45) is 0 Å². The molecule has 0 saturated heterocycles. The van der Waals surface area contributed by atoms with Gasteiger partial charge in [0.2, 0.25) is 0 Å². The highest BCUT2D eigenvalue weighted by Crippen LogP contribution is 2.46. The largest absolute Gasteiger partial charge is 0.0651 e. The molecule has 8 aromatic rings. The van der Waals surface area contributed by atoms with E-state index in [1.54, 1.807) is 0 Å². The van der Waals surface area contributed by atoms with Crippen LogP contribution in [0.3, 0.4) is 0 Å². The Morgan fingerprint density at radius 2 is 0.804 bits per heavy atom. The summed E-state index contributed by atoms with van der Waals surface area (Å²) in [7, 11) is 0. The van der Waals surface area contributed by atoms with Crippen LogP contribution in [0.1, 0.15) is 37.8 Å². The van der Waals surface area contributed by atoms with Crippen LogP contribution < -0.4 is 0 Å². The van der Waals surface area contributed by atoms with Gasteiger partial charge in [0.25, 0.3) is 0 Å². The summed E-state index contributed by atoms with van der Waals surface area (Å²) >= 11 is 0. The van der Waals surface area contributed by atoms with Crippen molar-refractivity contribution < 1.29 is 0 Å². The van der Waals surface area contributed by atoms with E-state index < -0.39 is 0 Å². The molecular weight excluding hydrogens is 553 g/mol. The van der Waals surface area contributed by atoms with Crippen LogP contribution in [0, 0.1) is 0 Å². The number of hydrogen-bond donors (Lipinski definition) is 0. The molecule has 0 saturated carbocycles. The Morgan fingerprint density at radius 3 is 1.41 bits per heavy atom. The molecule has 0 heterocycles. The van der Waals surface area contributed by atoms with Gasteiger partial charge in [-0.15, -0.1) is 0 Å². The Kier molecular flexibility index (Phi) is 7.35. The van der Waals surface area contributed by atoms with E-state index in [0.717, 1.165) is 25.7 Å². The summed E-state index contributed by atoms with van der Waals surface area (Å²) in [6, 6.07) is 54.3. The molecule has 0 heteroatoms. The third kappa shape index (κ3) is 4.68. The standard InChI is InChI=1S/C46H38/c1-3-16-32-29-43(33(17-4-2)28-42(32)44-30-34-20-8-9-21-35(34)36-22-10-11-23-37(36)44)46-40-26-14-12-24-38(40)45(31-18-6-5-7-19-31)39-25-13-15-27-41(39)46/h5-15,18-30H,3-4,16-17H2,1-2H3. The quantitative estimate of drug-likeness (QED) is 0.128. The Hall–Kier alpha value is -5.20. The molecule has 0 radical (unpaired) electrons. The van der Waals surface area contributed by atoms with Gasteiger partial charge in [0.15, 0.2) is 0 Å². The van der Waals surface area contributed by atoms with Crippen molar-refractivity contribution in [2.75, 3.05) is 0 Å². The predicted octanol–water partition coefficient (Wildman–Crippen LogP) is 13.2. The van der Waals surface area contributed by atoms with Crippen LogP contribution in [0.15, 0.2) is 146 Å². The summed E-state index contributed by atoms with van der Waals surface area (Å²) in [4.78, 5) is 0. The van der Waals surface area contributed by atoms with E-state index in [9.17, 15) is 0 Å². The zero-order valence-corrected chi connectivity index (χ0v) is 26.7. The number of hydrogen-bond acceptors (Lipinski definition) is 0. The average Bonchev–Trinajstić information content (AvgIpc) is 3.11. The van der Waals surface area contributed by atoms with Crippen LogP contribution in [0.2, 0.25) is 0 Å². The van der Waals surface area contributed by atoms with Gasteiger partial charge in [-0.2, -0.15) is 0 Å². The monoisotopic (exact) mass is 590 g/mol. The smallest absolute Gasteiger partial charge is 0.00235 e. The first-order valence-corrected chi connectivity index (χ1v) is 16.8.